The standard InChI is InChI=1S/C24H27NO3/c1-4-22(18-11-13-20(27-3)14-12-18)25-24(26)23(5-2)28-21-15-10-17-8-6-7-9-19(17)16-21/h6-16,22-23H,4-5H2,1-3H3,(H,25,26). The molecule has 146 valence electrons. The summed E-state index contributed by atoms with van der Waals surface area (Å²) in [5.74, 6) is 1.41. The number of rotatable bonds is 8. The van der Waals surface area contributed by atoms with E-state index in [2.05, 4.69) is 18.3 Å². The SMILES string of the molecule is CCC(Oc1ccc2ccccc2c1)C(=O)NC(CC)c1ccc(OC)cc1. The number of amides is 1. The number of carbonyl (C=O) groups excluding carboxylic acids is 1. The third kappa shape index (κ3) is 4.63. The fraction of sp³-hybridized carbons (Fsp3) is 0.292. The van der Waals surface area contributed by atoms with E-state index in [1.807, 2.05) is 67.6 Å². The van der Waals surface area contributed by atoms with Crippen molar-refractivity contribution in [3.8, 4) is 11.5 Å². The molecule has 3 aromatic rings. The smallest absolute Gasteiger partial charge is 0.261 e. The fourth-order valence-corrected chi connectivity index (χ4v) is 3.25. The lowest BCUT2D eigenvalue weighted by molar-refractivity contribution is -0.128. The van der Waals surface area contributed by atoms with Crippen LogP contribution in [0.4, 0.5) is 0 Å². The Balaban J connectivity index is 1.70. The van der Waals surface area contributed by atoms with Crippen molar-refractivity contribution >= 4 is 16.7 Å². The third-order valence-corrected chi connectivity index (χ3v) is 4.91. The van der Waals surface area contributed by atoms with E-state index in [4.69, 9.17) is 9.47 Å². The largest absolute Gasteiger partial charge is 0.497 e. The minimum absolute atomic E-state index is 0.0624. The third-order valence-electron chi connectivity index (χ3n) is 4.91. The average molecular weight is 377 g/mol. The first-order chi connectivity index (χ1) is 13.6. The first-order valence-corrected chi connectivity index (χ1v) is 9.74. The normalized spacial score (nSPS) is 13.0. The van der Waals surface area contributed by atoms with Crippen molar-refractivity contribution in [2.45, 2.75) is 38.8 Å². The zero-order valence-electron chi connectivity index (χ0n) is 16.6. The van der Waals surface area contributed by atoms with Crippen molar-refractivity contribution < 1.29 is 14.3 Å². The lowest BCUT2D eigenvalue weighted by Gasteiger charge is -2.22. The highest BCUT2D eigenvalue weighted by Crippen LogP contribution is 2.23. The molecule has 4 heteroatoms. The van der Waals surface area contributed by atoms with Gasteiger partial charge in [0.1, 0.15) is 11.5 Å². The Bertz CT molecular complexity index is 921. The summed E-state index contributed by atoms with van der Waals surface area (Å²) in [5, 5.41) is 5.37. The molecule has 0 radical (unpaired) electrons. The predicted molar refractivity (Wildman–Crippen MR) is 113 cm³/mol. The monoisotopic (exact) mass is 377 g/mol. The van der Waals surface area contributed by atoms with Gasteiger partial charge in [-0.25, -0.2) is 0 Å². The summed E-state index contributed by atoms with van der Waals surface area (Å²) in [5.41, 5.74) is 1.05. The second-order valence-corrected chi connectivity index (χ2v) is 6.77. The van der Waals surface area contributed by atoms with Gasteiger partial charge < -0.3 is 14.8 Å². The van der Waals surface area contributed by atoms with Gasteiger partial charge in [-0.15, -0.1) is 0 Å². The molecule has 4 nitrogen and oxygen atoms in total. The van der Waals surface area contributed by atoms with Crippen LogP contribution < -0.4 is 14.8 Å². The minimum Gasteiger partial charge on any atom is -0.497 e. The van der Waals surface area contributed by atoms with Crippen molar-refractivity contribution in [1.82, 2.24) is 5.32 Å². The molecule has 1 N–H and O–H groups in total. The molecular weight excluding hydrogens is 350 g/mol. The van der Waals surface area contributed by atoms with Crippen molar-refractivity contribution in [2.24, 2.45) is 0 Å². The van der Waals surface area contributed by atoms with E-state index in [0.717, 1.165) is 28.5 Å². The van der Waals surface area contributed by atoms with Gasteiger partial charge in [-0.05, 0) is 53.4 Å². The first-order valence-electron chi connectivity index (χ1n) is 9.74. The van der Waals surface area contributed by atoms with Crippen molar-refractivity contribution in [3.05, 3.63) is 72.3 Å². The predicted octanol–water partition coefficient (Wildman–Crippen LogP) is 5.27. The Labute approximate surface area is 166 Å². The van der Waals surface area contributed by atoms with Crippen molar-refractivity contribution in [2.75, 3.05) is 7.11 Å². The molecule has 0 spiro atoms. The molecule has 2 atom stereocenters. The topological polar surface area (TPSA) is 47.6 Å². The molecule has 0 aromatic heterocycles. The van der Waals surface area contributed by atoms with Crippen LogP contribution in [-0.4, -0.2) is 19.1 Å². The Morgan fingerprint density at radius 1 is 0.893 bits per heavy atom. The maximum Gasteiger partial charge on any atom is 0.261 e. The number of hydrogen-bond donors (Lipinski definition) is 1. The van der Waals surface area contributed by atoms with Crippen LogP contribution in [0.5, 0.6) is 11.5 Å². The Kier molecular flexibility index (Phi) is 6.53. The zero-order valence-corrected chi connectivity index (χ0v) is 16.6. The zero-order chi connectivity index (χ0) is 19.9. The molecule has 0 bridgehead atoms. The van der Waals surface area contributed by atoms with Crippen LogP contribution >= 0.6 is 0 Å². The Morgan fingerprint density at radius 3 is 2.21 bits per heavy atom. The molecule has 3 rings (SSSR count). The number of fused-ring (bicyclic) bond motifs is 1. The maximum absolute atomic E-state index is 12.8. The molecule has 0 fully saturated rings. The van der Waals surface area contributed by atoms with Crippen LogP contribution in [0.3, 0.4) is 0 Å². The van der Waals surface area contributed by atoms with Gasteiger partial charge in [0, 0.05) is 0 Å². The van der Waals surface area contributed by atoms with Gasteiger partial charge in [-0.2, -0.15) is 0 Å². The van der Waals surface area contributed by atoms with Crippen molar-refractivity contribution in [1.29, 1.82) is 0 Å². The molecule has 0 aliphatic rings. The quantitative estimate of drug-likeness (QED) is 0.581. The lowest BCUT2D eigenvalue weighted by atomic mass is 10.0. The number of ether oxygens (including phenoxy) is 2. The molecule has 0 heterocycles. The molecule has 0 aliphatic heterocycles. The van der Waals surface area contributed by atoms with E-state index < -0.39 is 6.10 Å². The van der Waals surface area contributed by atoms with E-state index >= 15 is 0 Å². The highest BCUT2D eigenvalue weighted by atomic mass is 16.5. The molecule has 2 unspecified atom stereocenters. The molecule has 28 heavy (non-hydrogen) atoms. The molecule has 3 aromatic carbocycles. The van der Waals surface area contributed by atoms with E-state index in [0.29, 0.717) is 12.2 Å². The summed E-state index contributed by atoms with van der Waals surface area (Å²) >= 11 is 0. The van der Waals surface area contributed by atoms with E-state index in [1.54, 1.807) is 7.11 Å². The number of benzene rings is 3. The van der Waals surface area contributed by atoms with Gasteiger partial charge in [0.25, 0.3) is 5.91 Å². The highest BCUT2D eigenvalue weighted by Gasteiger charge is 2.22. The fourth-order valence-electron chi connectivity index (χ4n) is 3.25. The van der Waals surface area contributed by atoms with E-state index in [-0.39, 0.29) is 11.9 Å². The summed E-state index contributed by atoms with van der Waals surface area (Å²) in [7, 11) is 1.64. The van der Waals surface area contributed by atoms with Crippen LogP contribution in [0.2, 0.25) is 0 Å². The van der Waals surface area contributed by atoms with Gasteiger partial charge in [-0.3, -0.25) is 4.79 Å². The lowest BCUT2D eigenvalue weighted by Crippen LogP contribution is -2.39. The van der Waals surface area contributed by atoms with Gasteiger partial charge >= 0.3 is 0 Å². The maximum atomic E-state index is 12.8. The first kappa shape index (κ1) is 19.7. The number of hydrogen-bond acceptors (Lipinski definition) is 3. The van der Waals surface area contributed by atoms with Gasteiger partial charge in [0.15, 0.2) is 6.10 Å². The summed E-state index contributed by atoms with van der Waals surface area (Å²) in [4.78, 5) is 12.8. The van der Waals surface area contributed by atoms with Crippen molar-refractivity contribution in [3.63, 3.8) is 0 Å². The minimum atomic E-state index is -0.534. The molecular formula is C24H27NO3. The van der Waals surface area contributed by atoms with Crippen LogP contribution in [0.1, 0.15) is 38.3 Å². The molecule has 0 aliphatic carbocycles. The molecule has 0 saturated carbocycles. The Morgan fingerprint density at radius 2 is 1.57 bits per heavy atom. The van der Waals surface area contributed by atoms with Crippen LogP contribution in [-0.2, 0) is 4.79 Å². The van der Waals surface area contributed by atoms with Gasteiger partial charge in [-0.1, -0.05) is 56.3 Å². The van der Waals surface area contributed by atoms with Gasteiger partial charge in [0.2, 0.25) is 0 Å². The van der Waals surface area contributed by atoms with Gasteiger partial charge in [0.05, 0.1) is 13.2 Å². The molecule has 1 amide bonds. The number of nitrogens with one attached hydrogen (secondary N) is 1. The van der Waals surface area contributed by atoms with E-state index in [1.165, 1.54) is 0 Å². The second kappa shape index (κ2) is 9.27. The average Bonchev–Trinajstić information content (AvgIpc) is 2.75. The number of methoxy groups -OCH3 is 1. The molecule has 0 saturated heterocycles. The second-order valence-electron chi connectivity index (χ2n) is 6.77. The van der Waals surface area contributed by atoms with Crippen LogP contribution in [0, 0.1) is 0 Å². The Hall–Kier alpha value is -3.01. The highest BCUT2D eigenvalue weighted by molar-refractivity contribution is 5.84. The summed E-state index contributed by atoms with van der Waals surface area (Å²) in [6, 6.07) is 21.7. The summed E-state index contributed by atoms with van der Waals surface area (Å²) in [6.07, 6.45) is 0.857. The summed E-state index contributed by atoms with van der Waals surface area (Å²) in [6.45, 7) is 4.01. The van der Waals surface area contributed by atoms with Crippen LogP contribution in [0.25, 0.3) is 10.8 Å². The number of carbonyl (C=O) groups is 1. The summed E-state index contributed by atoms with van der Waals surface area (Å²) < 4.78 is 11.2. The van der Waals surface area contributed by atoms with Crippen LogP contribution in [0.15, 0.2) is 66.7 Å². The van der Waals surface area contributed by atoms with E-state index in [9.17, 15) is 4.79 Å².